The molecule has 0 amide bonds. The molecule has 28 heavy (non-hydrogen) atoms. The number of rotatable bonds is 7. The van der Waals surface area contributed by atoms with E-state index in [1.807, 2.05) is 6.92 Å². The number of aliphatic carboxylic acids is 3. The summed E-state index contributed by atoms with van der Waals surface area (Å²) in [7, 11) is 0. The maximum atomic E-state index is 9.49. The van der Waals surface area contributed by atoms with Crippen molar-refractivity contribution in [2.75, 3.05) is 19.8 Å². The Morgan fingerprint density at radius 1 is 0.714 bits per heavy atom. The molecule has 0 fully saturated rings. The molecule has 0 atom stereocenters. The Kier molecular flexibility index (Phi) is 28.5. The standard InChI is InChI=1S/C6H14O3.3C4H6O2.Au/c1-2-6(3-7,4-8)5-9;3*1-3(2)4(5)6;/h7-9H,2-5H2,1H3;3*1H2,2H3,(H,5,6);/q;;;;+3/p-3. The predicted octanol–water partition coefficient (Wildman–Crippen LogP) is -2.71. The zero-order valence-electron chi connectivity index (χ0n) is 16.5. The van der Waals surface area contributed by atoms with Crippen LogP contribution < -0.4 is 15.3 Å². The smallest absolute Gasteiger partial charge is 0.545 e. The first-order chi connectivity index (χ1) is 12.2. The molecule has 0 aliphatic carbocycles. The van der Waals surface area contributed by atoms with Crippen LogP contribution in [0, 0.1) is 5.41 Å². The average Bonchev–Trinajstić information content (AvgIpc) is 2.58. The Morgan fingerprint density at radius 2 is 0.857 bits per heavy atom. The van der Waals surface area contributed by atoms with Gasteiger partial charge < -0.3 is 45.0 Å². The van der Waals surface area contributed by atoms with Crippen molar-refractivity contribution in [2.45, 2.75) is 34.1 Å². The zero-order chi connectivity index (χ0) is 22.8. The maximum absolute atomic E-state index is 9.49. The molecule has 0 aliphatic heterocycles. The number of carboxylic acids is 3. The van der Waals surface area contributed by atoms with Crippen LogP contribution in [-0.2, 0) is 36.8 Å². The maximum Gasteiger partial charge on any atom is 3.00 e. The number of carbonyl (C=O) groups is 3. The van der Waals surface area contributed by atoms with Gasteiger partial charge in [-0.3, -0.25) is 0 Å². The van der Waals surface area contributed by atoms with Gasteiger partial charge in [0, 0.05) is 5.41 Å². The number of hydrogen-bond donors (Lipinski definition) is 3. The second kappa shape index (κ2) is 21.5. The van der Waals surface area contributed by atoms with Crippen LogP contribution in [0.1, 0.15) is 34.1 Å². The van der Waals surface area contributed by atoms with E-state index in [-0.39, 0.29) is 58.9 Å². The first-order valence-corrected chi connectivity index (χ1v) is 7.61. The second-order valence-electron chi connectivity index (χ2n) is 5.53. The molecule has 166 valence electrons. The number of hydrogen-bond acceptors (Lipinski definition) is 9. The molecule has 0 aromatic rings. The third-order valence-electron chi connectivity index (χ3n) is 2.80. The Bertz CT molecular complexity index is 399. The van der Waals surface area contributed by atoms with Gasteiger partial charge in [-0.2, -0.15) is 0 Å². The van der Waals surface area contributed by atoms with Crippen molar-refractivity contribution in [2.24, 2.45) is 5.41 Å². The predicted molar refractivity (Wildman–Crippen MR) is 93.4 cm³/mol. The second-order valence-corrected chi connectivity index (χ2v) is 5.53. The minimum absolute atomic E-state index is 0. The van der Waals surface area contributed by atoms with Gasteiger partial charge >= 0.3 is 22.4 Å². The fraction of sp³-hybridized carbons (Fsp3) is 0.500. The summed E-state index contributed by atoms with van der Waals surface area (Å²) >= 11 is 0. The van der Waals surface area contributed by atoms with Crippen LogP contribution >= 0.6 is 0 Å². The molecule has 0 radical (unpaired) electrons. The van der Waals surface area contributed by atoms with Crippen molar-refractivity contribution in [3.8, 4) is 0 Å². The Hall–Kier alpha value is -1.75. The SMILES string of the molecule is C=C(C)C(=O)[O-].C=C(C)C(=O)[O-].C=C(C)C(=O)[O-].CCC(CO)(CO)CO.[Au+3]. The molecular formula is C18H29AuO9. The van der Waals surface area contributed by atoms with E-state index >= 15 is 0 Å². The summed E-state index contributed by atoms with van der Waals surface area (Å²) in [4.78, 5) is 28.5. The fourth-order valence-corrected chi connectivity index (χ4v) is 0.485. The molecule has 10 heteroatoms. The molecular weight excluding hydrogens is 557 g/mol. The topological polar surface area (TPSA) is 181 Å². The first-order valence-electron chi connectivity index (χ1n) is 7.61. The molecule has 9 nitrogen and oxygen atoms in total. The molecule has 0 spiro atoms. The number of carboxylic acid groups (broad SMARTS) is 3. The molecule has 0 aliphatic rings. The zero-order valence-corrected chi connectivity index (χ0v) is 18.7. The number of aliphatic hydroxyl groups is 3. The quantitative estimate of drug-likeness (QED) is 0.211. The van der Waals surface area contributed by atoms with Gasteiger partial charge in [-0.05, 0) is 43.9 Å². The van der Waals surface area contributed by atoms with Gasteiger partial charge in [0.05, 0.1) is 37.7 Å². The van der Waals surface area contributed by atoms with Crippen molar-refractivity contribution >= 4 is 17.9 Å². The van der Waals surface area contributed by atoms with E-state index in [4.69, 9.17) is 15.3 Å². The van der Waals surface area contributed by atoms with E-state index in [1.54, 1.807) is 0 Å². The van der Waals surface area contributed by atoms with E-state index in [0.717, 1.165) is 0 Å². The van der Waals surface area contributed by atoms with Gasteiger partial charge in [0.2, 0.25) is 0 Å². The molecule has 0 rings (SSSR count). The minimum atomic E-state index is -1.19. The summed E-state index contributed by atoms with van der Waals surface area (Å²) in [6, 6.07) is 0. The van der Waals surface area contributed by atoms with Crippen molar-refractivity contribution in [1.29, 1.82) is 0 Å². The average molecular weight is 586 g/mol. The molecule has 0 aromatic carbocycles. The summed E-state index contributed by atoms with van der Waals surface area (Å²) in [6.07, 6.45) is 0.594. The van der Waals surface area contributed by atoms with Crippen LogP contribution in [0.4, 0.5) is 0 Å². The molecule has 0 aromatic heterocycles. The van der Waals surface area contributed by atoms with E-state index in [0.29, 0.717) is 6.42 Å². The van der Waals surface area contributed by atoms with E-state index in [9.17, 15) is 29.7 Å². The van der Waals surface area contributed by atoms with Crippen LogP contribution in [0.3, 0.4) is 0 Å². The van der Waals surface area contributed by atoms with Gasteiger partial charge in [0.15, 0.2) is 0 Å². The summed E-state index contributed by atoms with van der Waals surface area (Å²) < 4.78 is 0. The van der Waals surface area contributed by atoms with Gasteiger partial charge in [-0.1, -0.05) is 26.7 Å². The Labute approximate surface area is 181 Å². The van der Waals surface area contributed by atoms with Gasteiger partial charge in [0.25, 0.3) is 0 Å². The number of aliphatic hydroxyl groups excluding tert-OH is 3. The first kappa shape index (κ1) is 37.1. The summed E-state index contributed by atoms with van der Waals surface area (Å²) in [5.41, 5.74) is -0.472. The van der Waals surface area contributed by atoms with Crippen molar-refractivity contribution in [1.82, 2.24) is 0 Å². The van der Waals surface area contributed by atoms with E-state index in [1.165, 1.54) is 20.8 Å². The van der Waals surface area contributed by atoms with Gasteiger partial charge in [-0.15, -0.1) is 0 Å². The Morgan fingerprint density at radius 3 is 0.857 bits per heavy atom. The third kappa shape index (κ3) is 26.5. The summed E-state index contributed by atoms with van der Waals surface area (Å²) in [5, 5.41) is 54.4. The van der Waals surface area contributed by atoms with Crippen LogP contribution in [0.15, 0.2) is 36.5 Å². The van der Waals surface area contributed by atoms with Crippen LogP contribution in [0.2, 0.25) is 0 Å². The summed E-state index contributed by atoms with van der Waals surface area (Å²) in [5.74, 6) is -3.56. The fourth-order valence-electron chi connectivity index (χ4n) is 0.485. The van der Waals surface area contributed by atoms with Gasteiger partial charge in [-0.25, -0.2) is 0 Å². The van der Waals surface area contributed by atoms with Crippen LogP contribution in [-0.4, -0.2) is 53.0 Å². The normalized spacial score (nSPS) is 8.68. The van der Waals surface area contributed by atoms with Crippen molar-refractivity contribution in [3.05, 3.63) is 36.5 Å². The van der Waals surface area contributed by atoms with Crippen molar-refractivity contribution in [3.63, 3.8) is 0 Å². The largest absolute Gasteiger partial charge is 3.00 e. The van der Waals surface area contributed by atoms with Crippen LogP contribution in [0.25, 0.3) is 0 Å². The third-order valence-corrected chi connectivity index (χ3v) is 2.80. The number of carbonyl (C=O) groups excluding carboxylic acids is 3. The van der Waals surface area contributed by atoms with E-state index < -0.39 is 23.3 Å². The summed E-state index contributed by atoms with van der Waals surface area (Å²) in [6.45, 7) is 14.8. The van der Waals surface area contributed by atoms with E-state index in [2.05, 4.69) is 19.7 Å². The molecule has 0 saturated carbocycles. The van der Waals surface area contributed by atoms with Crippen molar-refractivity contribution < 1.29 is 67.4 Å². The molecule has 0 bridgehead atoms. The monoisotopic (exact) mass is 586 g/mol. The van der Waals surface area contributed by atoms with Gasteiger partial charge in [0.1, 0.15) is 0 Å². The molecule has 0 heterocycles. The molecule has 0 saturated heterocycles. The Balaban J connectivity index is -0.0000000846. The van der Waals surface area contributed by atoms with Crippen LogP contribution in [0.5, 0.6) is 0 Å². The molecule has 3 N–H and O–H groups in total. The minimum Gasteiger partial charge on any atom is -0.545 e. The molecule has 0 unspecified atom stereocenters.